The number of aliphatic carboxylic acids is 1. The molecule has 0 bridgehead atoms. The number of carbonyl (C=O) groups excluding carboxylic acids is 2. The van der Waals surface area contributed by atoms with Crippen LogP contribution in [0.4, 0.5) is 0 Å². The lowest BCUT2D eigenvalue weighted by Gasteiger charge is -2.24. The molecule has 0 radical (unpaired) electrons. The van der Waals surface area contributed by atoms with Crippen LogP contribution in [0.5, 0.6) is 5.75 Å². The minimum absolute atomic E-state index is 0.0154. The topological polar surface area (TPSA) is 158 Å². The molecule has 0 saturated carbocycles. The van der Waals surface area contributed by atoms with Gasteiger partial charge in [-0.3, -0.25) is 9.59 Å². The predicted molar refractivity (Wildman–Crippen MR) is 133 cm³/mol. The monoisotopic (exact) mass is 480 g/mol. The molecular weight excluding hydrogens is 448 g/mol. The molecule has 1 aromatic heterocycles. The van der Waals surface area contributed by atoms with Crippen molar-refractivity contribution in [2.24, 2.45) is 11.7 Å². The van der Waals surface area contributed by atoms with Crippen molar-refractivity contribution < 1.29 is 24.6 Å². The van der Waals surface area contributed by atoms with Gasteiger partial charge in [-0.05, 0) is 35.2 Å². The van der Waals surface area contributed by atoms with Gasteiger partial charge in [-0.25, -0.2) is 4.79 Å². The zero-order chi connectivity index (χ0) is 25.5. The van der Waals surface area contributed by atoms with Gasteiger partial charge < -0.3 is 31.6 Å². The lowest BCUT2D eigenvalue weighted by atomic mass is 9.98. The summed E-state index contributed by atoms with van der Waals surface area (Å²) in [5.74, 6) is -2.33. The van der Waals surface area contributed by atoms with Crippen LogP contribution in [-0.4, -0.2) is 51.1 Å². The first kappa shape index (κ1) is 25.8. The third-order valence-electron chi connectivity index (χ3n) is 6.28. The Labute approximate surface area is 203 Å². The van der Waals surface area contributed by atoms with Crippen LogP contribution in [0.1, 0.15) is 31.4 Å². The van der Waals surface area contributed by atoms with Gasteiger partial charge in [0.25, 0.3) is 0 Å². The Balaban J connectivity index is 1.82. The van der Waals surface area contributed by atoms with E-state index in [2.05, 4.69) is 15.6 Å². The second-order valence-electron chi connectivity index (χ2n) is 8.81. The number of hydrogen-bond acceptors (Lipinski definition) is 5. The molecule has 0 aliphatic carbocycles. The largest absolute Gasteiger partial charge is 0.508 e. The highest BCUT2D eigenvalue weighted by Gasteiger charge is 2.30. The van der Waals surface area contributed by atoms with Crippen LogP contribution in [-0.2, 0) is 27.2 Å². The van der Waals surface area contributed by atoms with Crippen LogP contribution >= 0.6 is 0 Å². The number of carboxylic acid groups (broad SMARTS) is 1. The van der Waals surface area contributed by atoms with Gasteiger partial charge >= 0.3 is 5.97 Å². The molecule has 0 aliphatic rings. The third kappa shape index (κ3) is 6.60. The number of benzene rings is 2. The van der Waals surface area contributed by atoms with Crippen molar-refractivity contribution in [3.63, 3.8) is 0 Å². The number of nitrogens with one attached hydrogen (secondary N) is 3. The molecule has 0 aliphatic heterocycles. The summed E-state index contributed by atoms with van der Waals surface area (Å²) in [4.78, 5) is 41.2. The average molecular weight is 481 g/mol. The number of rotatable bonds is 11. The Morgan fingerprint density at radius 3 is 2.29 bits per heavy atom. The first-order valence-corrected chi connectivity index (χ1v) is 11.6. The van der Waals surface area contributed by atoms with Crippen molar-refractivity contribution in [2.75, 3.05) is 0 Å². The molecule has 3 aromatic rings. The van der Waals surface area contributed by atoms with Gasteiger partial charge in [0, 0.05) is 29.9 Å². The van der Waals surface area contributed by atoms with E-state index in [1.165, 1.54) is 12.1 Å². The minimum atomic E-state index is -1.22. The second-order valence-corrected chi connectivity index (χ2v) is 8.81. The van der Waals surface area contributed by atoms with E-state index in [-0.39, 0.29) is 24.5 Å². The second kappa shape index (κ2) is 11.5. The van der Waals surface area contributed by atoms with Crippen LogP contribution in [0, 0.1) is 5.92 Å². The molecule has 0 saturated heterocycles. The molecule has 0 spiro atoms. The zero-order valence-electron chi connectivity index (χ0n) is 19.8. The molecule has 9 heteroatoms. The highest BCUT2D eigenvalue weighted by atomic mass is 16.4. The predicted octanol–water partition coefficient (Wildman–Crippen LogP) is 2.09. The van der Waals surface area contributed by atoms with Crippen molar-refractivity contribution in [3.05, 3.63) is 65.9 Å². The van der Waals surface area contributed by atoms with Gasteiger partial charge in [0.05, 0.1) is 6.04 Å². The number of amides is 2. The lowest BCUT2D eigenvalue weighted by Crippen LogP contribution is -2.56. The van der Waals surface area contributed by atoms with Crippen LogP contribution < -0.4 is 16.4 Å². The van der Waals surface area contributed by atoms with E-state index in [0.29, 0.717) is 12.0 Å². The number of aromatic hydroxyl groups is 1. The molecule has 0 unspecified atom stereocenters. The standard InChI is InChI=1S/C26H32N4O5/c1-3-15(2)23(27)25(33)29-21(13-17-14-28-20-7-5-4-6-19(17)20)24(32)30-22(26(34)35)12-16-8-10-18(31)11-9-16/h4-11,14-15,21-23,28,31H,3,12-13,27H2,1-2H3,(H,29,33)(H,30,32)(H,34,35)/t15-,21-,22-,23-/m0/s1. The van der Waals surface area contributed by atoms with Crippen LogP contribution in [0.2, 0.25) is 0 Å². The highest BCUT2D eigenvalue weighted by Crippen LogP contribution is 2.20. The summed E-state index contributed by atoms with van der Waals surface area (Å²) in [6.45, 7) is 3.78. The van der Waals surface area contributed by atoms with E-state index in [1.54, 1.807) is 18.3 Å². The number of para-hydroxylation sites is 1. The molecule has 1 heterocycles. The fourth-order valence-electron chi connectivity index (χ4n) is 3.85. The number of hydrogen-bond donors (Lipinski definition) is 6. The van der Waals surface area contributed by atoms with Gasteiger partial charge in [0.1, 0.15) is 17.8 Å². The molecule has 7 N–H and O–H groups in total. The summed E-state index contributed by atoms with van der Waals surface area (Å²) < 4.78 is 0. The normalized spacial score (nSPS) is 14.6. The number of fused-ring (bicyclic) bond motifs is 1. The van der Waals surface area contributed by atoms with E-state index < -0.39 is 35.9 Å². The molecule has 2 amide bonds. The van der Waals surface area contributed by atoms with Crippen molar-refractivity contribution in [1.29, 1.82) is 0 Å². The van der Waals surface area contributed by atoms with Gasteiger partial charge in [0.15, 0.2) is 0 Å². The Morgan fingerprint density at radius 1 is 0.971 bits per heavy atom. The summed E-state index contributed by atoms with van der Waals surface area (Å²) in [5.41, 5.74) is 8.41. The zero-order valence-corrected chi connectivity index (χ0v) is 19.8. The number of H-pyrrole nitrogens is 1. The maximum absolute atomic E-state index is 13.3. The van der Waals surface area contributed by atoms with Gasteiger partial charge in [-0.15, -0.1) is 0 Å². The molecule has 186 valence electrons. The fraction of sp³-hybridized carbons (Fsp3) is 0.346. The number of phenolic OH excluding ortho intramolecular Hbond substituents is 1. The number of nitrogens with two attached hydrogens (primary N) is 1. The van der Waals surface area contributed by atoms with Gasteiger partial charge in [-0.2, -0.15) is 0 Å². The van der Waals surface area contributed by atoms with E-state index in [4.69, 9.17) is 5.73 Å². The molecule has 9 nitrogen and oxygen atoms in total. The first-order valence-electron chi connectivity index (χ1n) is 11.6. The average Bonchev–Trinajstić information content (AvgIpc) is 3.26. The SMILES string of the molecule is CC[C@H](C)[C@H](N)C(=O)N[C@@H](Cc1c[nH]c2ccccc12)C(=O)N[C@@H](Cc1ccc(O)cc1)C(=O)O. The molecular formula is C26H32N4O5. The molecule has 0 fully saturated rings. The van der Waals surface area contributed by atoms with E-state index in [9.17, 15) is 24.6 Å². The fourth-order valence-corrected chi connectivity index (χ4v) is 3.85. The quantitative estimate of drug-likeness (QED) is 0.247. The number of aromatic amines is 1. The first-order chi connectivity index (χ1) is 16.7. The maximum Gasteiger partial charge on any atom is 0.326 e. The van der Waals surface area contributed by atoms with Crippen LogP contribution in [0.25, 0.3) is 10.9 Å². The Morgan fingerprint density at radius 2 is 1.63 bits per heavy atom. The molecule has 35 heavy (non-hydrogen) atoms. The minimum Gasteiger partial charge on any atom is -0.508 e. The smallest absolute Gasteiger partial charge is 0.326 e. The number of aromatic nitrogens is 1. The maximum atomic E-state index is 13.3. The summed E-state index contributed by atoms with van der Waals surface area (Å²) in [6.07, 6.45) is 2.64. The van der Waals surface area contributed by atoms with E-state index >= 15 is 0 Å². The summed E-state index contributed by atoms with van der Waals surface area (Å²) in [5, 5.41) is 25.4. The molecule has 2 aromatic carbocycles. The number of carbonyl (C=O) groups is 3. The third-order valence-corrected chi connectivity index (χ3v) is 6.28. The molecule has 3 rings (SSSR count). The summed E-state index contributed by atoms with van der Waals surface area (Å²) in [6, 6.07) is 10.6. The van der Waals surface area contributed by atoms with Crippen molar-refractivity contribution in [2.45, 2.75) is 51.2 Å². The lowest BCUT2D eigenvalue weighted by molar-refractivity contribution is -0.142. The van der Waals surface area contributed by atoms with Crippen molar-refractivity contribution in [1.82, 2.24) is 15.6 Å². The highest BCUT2D eigenvalue weighted by molar-refractivity contribution is 5.93. The van der Waals surface area contributed by atoms with E-state index in [1.807, 2.05) is 38.1 Å². The Bertz CT molecular complexity index is 1170. The van der Waals surface area contributed by atoms with Crippen LogP contribution in [0.15, 0.2) is 54.7 Å². The Kier molecular flexibility index (Phi) is 8.48. The molecule has 4 atom stereocenters. The summed E-state index contributed by atoms with van der Waals surface area (Å²) in [7, 11) is 0. The van der Waals surface area contributed by atoms with Crippen LogP contribution in [0.3, 0.4) is 0 Å². The van der Waals surface area contributed by atoms with E-state index in [0.717, 1.165) is 16.5 Å². The van der Waals surface area contributed by atoms with Crippen molar-refractivity contribution >= 4 is 28.7 Å². The van der Waals surface area contributed by atoms with Gasteiger partial charge in [0.2, 0.25) is 11.8 Å². The Hall–Kier alpha value is -3.85. The van der Waals surface area contributed by atoms with Gasteiger partial charge in [-0.1, -0.05) is 50.6 Å². The van der Waals surface area contributed by atoms with Crippen molar-refractivity contribution in [3.8, 4) is 5.75 Å². The number of carboxylic acids is 1. The number of phenols is 1. The summed E-state index contributed by atoms with van der Waals surface area (Å²) >= 11 is 0.